The summed E-state index contributed by atoms with van der Waals surface area (Å²) in [6.45, 7) is 8.22. The normalized spacial score (nSPS) is 18.2. The van der Waals surface area contributed by atoms with Crippen LogP contribution in [-0.2, 0) is 0 Å². The molecular weight excluding hydrogens is 254 g/mol. The molecule has 1 aliphatic rings. The Morgan fingerprint density at radius 3 is 2.55 bits per heavy atom. The van der Waals surface area contributed by atoms with Gasteiger partial charge in [0, 0.05) is 44.6 Å². The summed E-state index contributed by atoms with van der Waals surface area (Å²) < 4.78 is 0. The lowest BCUT2D eigenvalue weighted by Gasteiger charge is -2.35. The van der Waals surface area contributed by atoms with Crippen molar-refractivity contribution in [1.82, 2.24) is 20.2 Å². The Morgan fingerprint density at radius 2 is 1.95 bits per heavy atom. The number of anilines is 1. The van der Waals surface area contributed by atoms with Gasteiger partial charge in [0.25, 0.3) is 0 Å². The molecule has 2 N–H and O–H groups in total. The zero-order valence-electron chi connectivity index (χ0n) is 12.2. The highest BCUT2D eigenvalue weighted by molar-refractivity contribution is 5.29. The smallest absolute Gasteiger partial charge is 0.225 e. The minimum atomic E-state index is 0.214. The second-order valence-electron chi connectivity index (χ2n) is 5.10. The predicted molar refractivity (Wildman–Crippen MR) is 79.9 cm³/mol. The fourth-order valence-electron chi connectivity index (χ4n) is 2.51. The van der Waals surface area contributed by atoms with Crippen LogP contribution in [0.4, 0.5) is 5.95 Å². The van der Waals surface area contributed by atoms with E-state index in [1.165, 1.54) is 0 Å². The van der Waals surface area contributed by atoms with Crippen molar-refractivity contribution in [3.05, 3.63) is 18.5 Å². The first-order valence-corrected chi connectivity index (χ1v) is 7.42. The first-order valence-electron chi connectivity index (χ1n) is 7.42. The van der Waals surface area contributed by atoms with E-state index < -0.39 is 0 Å². The Bertz CT molecular complexity index is 367. The molecule has 0 aliphatic carbocycles. The zero-order chi connectivity index (χ0) is 14.2. The molecule has 0 saturated carbocycles. The molecule has 0 radical (unpaired) electrons. The third-order valence-electron chi connectivity index (χ3n) is 3.71. The highest BCUT2D eigenvalue weighted by atomic mass is 16.3. The van der Waals surface area contributed by atoms with Gasteiger partial charge < -0.3 is 15.3 Å². The molecule has 0 aromatic carbocycles. The summed E-state index contributed by atoms with van der Waals surface area (Å²) in [6, 6.07) is 2.06. The third kappa shape index (κ3) is 4.40. The highest BCUT2D eigenvalue weighted by Gasteiger charge is 2.19. The molecule has 0 amide bonds. The number of hydrogen-bond donors (Lipinski definition) is 2. The molecule has 6 heteroatoms. The van der Waals surface area contributed by atoms with E-state index in [0.717, 1.165) is 51.6 Å². The Balaban J connectivity index is 1.72. The van der Waals surface area contributed by atoms with Crippen LogP contribution in [0.15, 0.2) is 18.5 Å². The minimum Gasteiger partial charge on any atom is -0.395 e. The first-order chi connectivity index (χ1) is 9.83. The summed E-state index contributed by atoms with van der Waals surface area (Å²) in [4.78, 5) is 13.3. The van der Waals surface area contributed by atoms with Crippen molar-refractivity contribution in [2.75, 3.05) is 50.8 Å². The number of likely N-dealkylation sites (N-methyl/N-ethyl adjacent to an activating group) is 1. The second-order valence-corrected chi connectivity index (χ2v) is 5.10. The maximum atomic E-state index is 9.27. The number of aliphatic hydroxyl groups excluding tert-OH is 1. The summed E-state index contributed by atoms with van der Waals surface area (Å²) >= 11 is 0. The van der Waals surface area contributed by atoms with Gasteiger partial charge in [-0.25, -0.2) is 9.97 Å². The molecule has 1 atom stereocenters. The molecule has 1 aromatic heterocycles. The number of nitrogens with one attached hydrogen (secondary N) is 1. The van der Waals surface area contributed by atoms with E-state index in [4.69, 9.17) is 0 Å². The van der Waals surface area contributed by atoms with E-state index >= 15 is 0 Å². The van der Waals surface area contributed by atoms with Crippen molar-refractivity contribution >= 4 is 5.95 Å². The lowest BCUT2D eigenvalue weighted by molar-refractivity contribution is 0.201. The number of piperazine rings is 1. The molecule has 1 unspecified atom stereocenters. The van der Waals surface area contributed by atoms with Crippen LogP contribution in [0.1, 0.15) is 13.3 Å². The summed E-state index contributed by atoms with van der Waals surface area (Å²) in [6.07, 6.45) is 4.57. The Labute approximate surface area is 120 Å². The van der Waals surface area contributed by atoms with E-state index in [2.05, 4.69) is 32.0 Å². The fraction of sp³-hybridized carbons (Fsp3) is 0.714. The van der Waals surface area contributed by atoms with Crippen LogP contribution < -0.4 is 10.2 Å². The summed E-state index contributed by atoms with van der Waals surface area (Å²) in [5, 5.41) is 12.6. The van der Waals surface area contributed by atoms with Crippen molar-refractivity contribution in [2.24, 2.45) is 0 Å². The quantitative estimate of drug-likeness (QED) is 0.730. The monoisotopic (exact) mass is 279 g/mol. The van der Waals surface area contributed by atoms with Crippen LogP contribution in [0.25, 0.3) is 0 Å². The molecule has 1 fully saturated rings. The van der Waals surface area contributed by atoms with Crippen molar-refractivity contribution < 1.29 is 5.11 Å². The van der Waals surface area contributed by atoms with Crippen LogP contribution in [0.3, 0.4) is 0 Å². The molecule has 112 valence electrons. The molecule has 0 spiro atoms. The predicted octanol–water partition coefficient (Wildman–Crippen LogP) is -0.0409. The van der Waals surface area contributed by atoms with Crippen molar-refractivity contribution in [3.63, 3.8) is 0 Å². The van der Waals surface area contributed by atoms with Gasteiger partial charge in [-0.3, -0.25) is 4.90 Å². The van der Waals surface area contributed by atoms with E-state index in [1.54, 1.807) is 12.4 Å². The number of aliphatic hydroxyl groups is 1. The number of aromatic nitrogens is 2. The average molecular weight is 279 g/mol. The topological polar surface area (TPSA) is 64.5 Å². The lowest BCUT2D eigenvalue weighted by Crippen LogP contribution is -2.48. The molecule has 0 bridgehead atoms. The van der Waals surface area contributed by atoms with Gasteiger partial charge in [-0.15, -0.1) is 0 Å². The highest BCUT2D eigenvalue weighted by Crippen LogP contribution is 2.10. The SMILES string of the molecule is CCNC(CO)CCN1CCN(c2ncccn2)CC1. The van der Waals surface area contributed by atoms with Crippen LogP contribution in [0.2, 0.25) is 0 Å². The third-order valence-corrected chi connectivity index (χ3v) is 3.71. The Hall–Kier alpha value is -1.24. The molecular formula is C14H25N5O. The van der Waals surface area contributed by atoms with Gasteiger partial charge in [-0.2, -0.15) is 0 Å². The zero-order valence-corrected chi connectivity index (χ0v) is 12.2. The average Bonchev–Trinajstić information content (AvgIpc) is 2.53. The number of rotatable bonds is 7. The lowest BCUT2D eigenvalue weighted by atomic mass is 10.2. The Kier molecular flexibility index (Phi) is 6.17. The summed E-state index contributed by atoms with van der Waals surface area (Å²) in [5.41, 5.74) is 0. The van der Waals surface area contributed by atoms with Crippen LogP contribution >= 0.6 is 0 Å². The fourth-order valence-corrected chi connectivity index (χ4v) is 2.51. The molecule has 1 aromatic rings. The van der Waals surface area contributed by atoms with Gasteiger partial charge in [0.2, 0.25) is 5.95 Å². The number of hydrogen-bond acceptors (Lipinski definition) is 6. The molecule has 2 rings (SSSR count). The van der Waals surface area contributed by atoms with Crippen LogP contribution in [0.5, 0.6) is 0 Å². The maximum Gasteiger partial charge on any atom is 0.225 e. The Morgan fingerprint density at radius 1 is 1.25 bits per heavy atom. The van der Waals surface area contributed by atoms with E-state index in [1.807, 2.05) is 6.07 Å². The van der Waals surface area contributed by atoms with Gasteiger partial charge >= 0.3 is 0 Å². The van der Waals surface area contributed by atoms with Gasteiger partial charge in [-0.05, 0) is 25.6 Å². The molecule has 1 saturated heterocycles. The van der Waals surface area contributed by atoms with Gasteiger partial charge in [0.05, 0.1) is 6.61 Å². The second kappa shape index (κ2) is 8.14. The molecule has 2 heterocycles. The minimum absolute atomic E-state index is 0.214. The summed E-state index contributed by atoms with van der Waals surface area (Å²) in [7, 11) is 0. The van der Waals surface area contributed by atoms with Crippen LogP contribution in [0, 0.1) is 0 Å². The van der Waals surface area contributed by atoms with Gasteiger partial charge in [0.15, 0.2) is 0 Å². The maximum absolute atomic E-state index is 9.27. The van der Waals surface area contributed by atoms with Gasteiger partial charge in [0.1, 0.15) is 0 Å². The number of nitrogens with zero attached hydrogens (tertiary/aromatic N) is 4. The van der Waals surface area contributed by atoms with Crippen LogP contribution in [-0.4, -0.2) is 71.9 Å². The molecule has 6 nitrogen and oxygen atoms in total. The van der Waals surface area contributed by atoms with Gasteiger partial charge in [-0.1, -0.05) is 6.92 Å². The molecule has 1 aliphatic heterocycles. The standard InChI is InChI=1S/C14H25N5O/c1-2-15-13(12-20)4-7-18-8-10-19(11-9-18)14-16-5-3-6-17-14/h3,5-6,13,15,20H,2,4,7-12H2,1H3. The van der Waals surface area contributed by atoms with E-state index in [9.17, 15) is 5.11 Å². The van der Waals surface area contributed by atoms with Crippen molar-refractivity contribution in [1.29, 1.82) is 0 Å². The van der Waals surface area contributed by atoms with Crippen molar-refractivity contribution in [3.8, 4) is 0 Å². The molecule has 20 heavy (non-hydrogen) atoms. The first kappa shape index (κ1) is 15.2. The summed E-state index contributed by atoms with van der Waals surface area (Å²) in [5.74, 6) is 0.827. The van der Waals surface area contributed by atoms with Crippen molar-refractivity contribution in [2.45, 2.75) is 19.4 Å². The van der Waals surface area contributed by atoms with E-state index in [-0.39, 0.29) is 12.6 Å². The van der Waals surface area contributed by atoms with E-state index in [0.29, 0.717) is 0 Å². The largest absolute Gasteiger partial charge is 0.395 e.